The van der Waals surface area contributed by atoms with Crippen molar-refractivity contribution in [3.63, 3.8) is 0 Å². The molecule has 0 atom stereocenters. The molecule has 0 saturated heterocycles. The Bertz CT molecular complexity index is 476. The van der Waals surface area contributed by atoms with Crippen LogP contribution in [-0.2, 0) is 11.0 Å². The van der Waals surface area contributed by atoms with Gasteiger partial charge in [0, 0.05) is 10.9 Å². The Hall–Kier alpha value is -0.973. The molecule has 2 aromatic rings. The van der Waals surface area contributed by atoms with E-state index in [0.29, 0.717) is 6.61 Å². The van der Waals surface area contributed by atoms with E-state index in [-0.39, 0.29) is 0 Å². The molecule has 4 heteroatoms. The van der Waals surface area contributed by atoms with Gasteiger partial charge in [0.2, 0.25) is 0 Å². The zero-order valence-electron chi connectivity index (χ0n) is 10.4. The van der Waals surface area contributed by atoms with Gasteiger partial charge in [-0.15, -0.1) is 11.3 Å². The number of rotatable bonds is 4. The quantitative estimate of drug-likeness (QED) is 0.773. The molecule has 0 fully saturated rings. The number of nitrogens with zero attached hydrogens (tertiary/aromatic N) is 1. The highest BCUT2D eigenvalue weighted by Gasteiger charge is 2.15. The van der Waals surface area contributed by atoms with Crippen LogP contribution in [0, 0.1) is 0 Å². The van der Waals surface area contributed by atoms with Crippen LogP contribution in [0.25, 0.3) is 10.6 Å². The number of hydrogen-bond acceptors (Lipinski definition) is 3. The zero-order valence-corrected chi connectivity index (χ0v) is 12.3. The summed E-state index contributed by atoms with van der Waals surface area (Å²) in [6.45, 7) is 7.21. The predicted molar refractivity (Wildman–Crippen MR) is 75.7 cm³/mol. The summed E-state index contributed by atoms with van der Waals surface area (Å²) in [6, 6.07) is 10.3. The maximum atomic E-state index is 5.85. The second-order valence-corrected chi connectivity index (χ2v) is 10.3. The van der Waals surface area contributed by atoms with Crippen molar-refractivity contribution in [3.8, 4) is 10.6 Å². The highest BCUT2D eigenvalue weighted by Crippen LogP contribution is 2.23. The standard InChI is InChI=1S/C13H17NOSSi/c1-17(2,3)15-9-12-10-16-13(14-12)11-7-5-4-6-8-11/h4-8,10H,9H2,1-3H3. The zero-order chi connectivity index (χ0) is 12.3. The number of thiazole rings is 1. The van der Waals surface area contributed by atoms with Crippen molar-refractivity contribution in [1.29, 1.82) is 0 Å². The molecule has 1 aromatic heterocycles. The van der Waals surface area contributed by atoms with Gasteiger partial charge in [-0.05, 0) is 19.6 Å². The Morgan fingerprint density at radius 2 is 1.88 bits per heavy atom. The first-order valence-electron chi connectivity index (χ1n) is 5.68. The molecule has 2 rings (SSSR count). The van der Waals surface area contributed by atoms with Crippen LogP contribution < -0.4 is 0 Å². The van der Waals surface area contributed by atoms with Crippen LogP contribution in [0.5, 0.6) is 0 Å². The first-order chi connectivity index (χ1) is 8.04. The molecule has 2 nitrogen and oxygen atoms in total. The van der Waals surface area contributed by atoms with Crippen LogP contribution in [-0.4, -0.2) is 13.3 Å². The second kappa shape index (κ2) is 5.12. The van der Waals surface area contributed by atoms with E-state index in [9.17, 15) is 0 Å². The van der Waals surface area contributed by atoms with Gasteiger partial charge < -0.3 is 4.43 Å². The molecule has 0 saturated carbocycles. The maximum absolute atomic E-state index is 5.85. The summed E-state index contributed by atoms with van der Waals surface area (Å²) in [6.07, 6.45) is 0. The van der Waals surface area contributed by atoms with Crippen molar-refractivity contribution in [2.45, 2.75) is 26.2 Å². The topological polar surface area (TPSA) is 22.1 Å². The van der Waals surface area contributed by atoms with E-state index in [1.165, 1.54) is 5.56 Å². The van der Waals surface area contributed by atoms with Crippen LogP contribution in [0.4, 0.5) is 0 Å². The van der Waals surface area contributed by atoms with Crippen molar-refractivity contribution in [2.24, 2.45) is 0 Å². The van der Waals surface area contributed by atoms with Gasteiger partial charge in [0.15, 0.2) is 8.32 Å². The molecule has 0 aliphatic heterocycles. The van der Waals surface area contributed by atoms with Crippen LogP contribution in [0.1, 0.15) is 5.69 Å². The average Bonchev–Trinajstić information content (AvgIpc) is 2.75. The Kier molecular flexibility index (Phi) is 3.76. The third kappa shape index (κ3) is 3.76. The van der Waals surface area contributed by atoms with E-state index in [2.05, 4.69) is 42.1 Å². The van der Waals surface area contributed by atoms with Crippen molar-refractivity contribution >= 4 is 19.7 Å². The van der Waals surface area contributed by atoms with E-state index in [4.69, 9.17) is 4.43 Å². The van der Waals surface area contributed by atoms with E-state index < -0.39 is 8.32 Å². The molecule has 0 aliphatic rings. The lowest BCUT2D eigenvalue weighted by Crippen LogP contribution is -2.24. The Labute approximate surface area is 107 Å². The van der Waals surface area contributed by atoms with Crippen molar-refractivity contribution in [3.05, 3.63) is 41.4 Å². The van der Waals surface area contributed by atoms with E-state index in [1.807, 2.05) is 18.2 Å². The number of benzene rings is 1. The first kappa shape index (κ1) is 12.5. The van der Waals surface area contributed by atoms with Gasteiger partial charge in [0.1, 0.15) is 5.01 Å². The third-order valence-corrected chi connectivity index (χ3v) is 4.18. The minimum Gasteiger partial charge on any atom is -0.412 e. The van der Waals surface area contributed by atoms with Crippen molar-refractivity contribution < 1.29 is 4.43 Å². The summed E-state index contributed by atoms with van der Waals surface area (Å²) in [5, 5.41) is 3.16. The SMILES string of the molecule is C[Si](C)(C)OCc1csc(-c2ccccc2)n1. The Morgan fingerprint density at radius 3 is 2.53 bits per heavy atom. The summed E-state index contributed by atoms with van der Waals surface area (Å²) in [5.41, 5.74) is 2.22. The molecular weight excluding hydrogens is 246 g/mol. The summed E-state index contributed by atoms with van der Waals surface area (Å²) < 4.78 is 5.85. The highest BCUT2D eigenvalue weighted by atomic mass is 32.1. The van der Waals surface area contributed by atoms with Gasteiger partial charge >= 0.3 is 0 Å². The van der Waals surface area contributed by atoms with Gasteiger partial charge in [-0.2, -0.15) is 0 Å². The van der Waals surface area contributed by atoms with Crippen molar-refractivity contribution in [2.75, 3.05) is 0 Å². The Balaban J connectivity index is 2.07. The van der Waals surface area contributed by atoms with Crippen LogP contribution in [0.15, 0.2) is 35.7 Å². The van der Waals surface area contributed by atoms with Gasteiger partial charge in [0.05, 0.1) is 12.3 Å². The molecular formula is C13H17NOSSi. The molecule has 17 heavy (non-hydrogen) atoms. The number of hydrogen-bond donors (Lipinski definition) is 0. The van der Waals surface area contributed by atoms with E-state index in [1.54, 1.807) is 11.3 Å². The van der Waals surface area contributed by atoms with Gasteiger partial charge in [0.25, 0.3) is 0 Å². The van der Waals surface area contributed by atoms with Gasteiger partial charge in [-0.25, -0.2) is 4.98 Å². The summed E-state index contributed by atoms with van der Waals surface area (Å²) in [4.78, 5) is 4.60. The lowest BCUT2D eigenvalue weighted by Gasteiger charge is -2.15. The second-order valence-electron chi connectivity index (χ2n) is 4.91. The molecule has 90 valence electrons. The Morgan fingerprint density at radius 1 is 1.18 bits per heavy atom. The largest absolute Gasteiger partial charge is 0.412 e. The van der Waals surface area contributed by atoms with Crippen molar-refractivity contribution in [1.82, 2.24) is 4.98 Å². The molecule has 0 radical (unpaired) electrons. The molecule has 0 N–H and O–H groups in total. The third-order valence-electron chi connectivity index (χ3n) is 2.23. The molecule has 0 spiro atoms. The fourth-order valence-corrected chi connectivity index (χ4v) is 2.77. The summed E-state index contributed by atoms with van der Waals surface area (Å²) >= 11 is 1.68. The van der Waals surface area contributed by atoms with Gasteiger partial charge in [-0.3, -0.25) is 0 Å². The predicted octanol–water partition coefficient (Wildman–Crippen LogP) is 4.16. The fourth-order valence-electron chi connectivity index (χ4n) is 1.38. The van der Waals surface area contributed by atoms with E-state index in [0.717, 1.165) is 10.7 Å². The van der Waals surface area contributed by atoms with Gasteiger partial charge in [-0.1, -0.05) is 30.3 Å². The average molecular weight is 263 g/mol. The highest BCUT2D eigenvalue weighted by molar-refractivity contribution is 7.13. The van der Waals surface area contributed by atoms with Crippen LogP contribution in [0.3, 0.4) is 0 Å². The molecule has 1 aromatic carbocycles. The van der Waals surface area contributed by atoms with Crippen LogP contribution >= 0.6 is 11.3 Å². The lowest BCUT2D eigenvalue weighted by atomic mass is 10.2. The smallest absolute Gasteiger partial charge is 0.184 e. The fraction of sp³-hybridized carbons (Fsp3) is 0.308. The normalized spacial score (nSPS) is 11.7. The monoisotopic (exact) mass is 263 g/mol. The molecule has 0 aliphatic carbocycles. The molecule has 1 heterocycles. The number of aromatic nitrogens is 1. The summed E-state index contributed by atoms with van der Waals surface area (Å²) in [5.74, 6) is 0. The van der Waals surface area contributed by atoms with E-state index >= 15 is 0 Å². The van der Waals surface area contributed by atoms with Crippen LogP contribution in [0.2, 0.25) is 19.6 Å². The summed E-state index contributed by atoms with van der Waals surface area (Å²) in [7, 11) is -1.45. The molecule has 0 bridgehead atoms. The molecule has 0 amide bonds. The minimum absolute atomic E-state index is 0.638. The minimum atomic E-state index is -1.45. The first-order valence-corrected chi connectivity index (χ1v) is 9.97. The lowest BCUT2D eigenvalue weighted by molar-refractivity contribution is 0.295. The molecule has 0 unspecified atom stereocenters. The maximum Gasteiger partial charge on any atom is 0.184 e.